The average molecular weight is 268 g/mol. The normalized spacial score (nSPS) is 10.3. The second-order valence-electron chi connectivity index (χ2n) is 4.75. The van der Waals surface area contributed by atoms with Crippen LogP contribution in [0.25, 0.3) is 0 Å². The molecule has 0 aliphatic carbocycles. The van der Waals surface area contributed by atoms with Crippen LogP contribution in [0.2, 0.25) is 0 Å². The summed E-state index contributed by atoms with van der Waals surface area (Å²) >= 11 is 0. The van der Waals surface area contributed by atoms with Crippen molar-refractivity contribution in [3.63, 3.8) is 0 Å². The summed E-state index contributed by atoms with van der Waals surface area (Å²) in [6.45, 7) is 4.68. The number of aryl methyl sites for hydroxylation is 2. The van der Waals surface area contributed by atoms with E-state index in [9.17, 15) is 4.79 Å². The first-order valence-electron chi connectivity index (χ1n) is 7.06. The average Bonchev–Trinajstić information content (AvgIpc) is 2.52. The number of hydrogen-bond donors (Lipinski definition) is 0. The lowest BCUT2D eigenvalue weighted by atomic mass is 10.1. The van der Waals surface area contributed by atoms with Gasteiger partial charge in [0.2, 0.25) is 0 Å². The summed E-state index contributed by atoms with van der Waals surface area (Å²) in [4.78, 5) is 11.0. The van der Waals surface area contributed by atoms with Gasteiger partial charge in [-0.15, -0.1) is 0 Å². The molecule has 0 N–H and O–H groups in total. The van der Waals surface area contributed by atoms with E-state index in [0.717, 1.165) is 30.4 Å². The summed E-state index contributed by atoms with van der Waals surface area (Å²) in [5, 5.41) is 0. The Hall–Kier alpha value is -2.09. The molecule has 0 aliphatic heterocycles. The maximum absolute atomic E-state index is 11.0. The predicted molar refractivity (Wildman–Crippen MR) is 81.4 cm³/mol. The quantitative estimate of drug-likeness (QED) is 0.734. The lowest BCUT2D eigenvalue weighted by Crippen LogP contribution is -2.02. The van der Waals surface area contributed by atoms with Crippen molar-refractivity contribution in [3.05, 3.63) is 64.7 Å². The second-order valence-corrected chi connectivity index (χ2v) is 4.75. The lowest BCUT2D eigenvalue weighted by Gasteiger charge is -2.13. The van der Waals surface area contributed by atoms with Crippen LogP contribution in [-0.2, 0) is 19.4 Å². The Kier molecular flexibility index (Phi) is 4.94. The van der Waals surface area contributed by atoms with Crippen molar-refractivity contribution in [2.45, 2.75) is 33.3 Å². The van der Waals surface area contributed by atoms with Crippen LogP contribution in [0.15, 0.2) is 42.5 Å². The van der Waals surface area contributed by atoms with Crippen molar-refractivity contribution in [1.82, 2.24) is 0 Å². The maximum Gasteiger partial charge on any atom is 0.150 e. The Morgan fingerprint density at radius 2 is 1.80 bits per heavy atom. The summed E-state index contributed by atoms with van der Waals surface area (Å²) < 4.78 is 5.94. The van der Waals surface area contributed by atoms with E-state index in [1.165, 1.54) is 11.1 Å². The van der Waals surface area contributed by atoms with Crippen LogP contribution in [0.4, 0.5) is 0 Å². The SMILES string of the molecule is CCc1ccc(CC)c(OCc2ccccc2C=O)c1. The smallest absolute Gasteiger partial charge is 0.150 e. The number of carbonyl (C=O) groups excluding carboxylic acids is 1. The third-order valence-electron chi connectivity index (χ3n) is 3.49. The maximum atomic E-state index is 11.0. The summed E-state index contributed by atoms with van der Waals surface area (Å²) in [7, 11) is 0. The minimum Gasteiger partial charge on any atom is -0.489 e. The van der Waals surface area contributed by atoms with Gasteiger partial charge in [-0.1, -0.05) is 50.2 Å². The molecular formula is C18H20O2. The summed E-state index contributed by atoms with van der Waals surface area (Å²) in [6.07, 6.45) is 2.81. The van der Waals surface area contributed by atoms with E-state index < -0.39 is 0 Å². The fourth-order valence-corrected chi connectivity index (χ4v) is 2.18. The Morgan fingerprint density at radius 3 is 2.50 bits per heavy atom. The van der Waals surface area contributed by atoms with Crippen LogP contribution in [0.5, 0.6) is 5.75 Å². The van der Waals surface area contributed by atoms with Crippen LogP contribution < -0.4 is 4.74 Å². The van der Waals surface area contributed by atoms with E-state index in [-0.39, 0.29) is 0 Å². The number of benzene rings is 2. The van der Waals surface area contributed by atoms with E-state index >= 15 is 0 Å². The minimum atomic E-state index is 0.426. The molecule has 2 aromatic rings. The van der Waals surface area contributed by atoms with Gasteiger partial charge in [0, 0.05) is 5.56 Å². The molecule has 104 valence electrons. The summed E-state index contributed by atoms with van der Waals surface area (Å²) in [6, 6.07) is 13.9. The van der Waals surface area contributed by atoms with Crippen molar-refractivity contribution in [1.29, 1.82) is 0 Å². The third kappa shape index (κ3) is 3.27. The van der Waals surface area contributed by atoms with E-state index in [2.05, 4.69) is 32.0 Å². The topological polar surface area (TPSA) is 26.3 Å². The monoisotopic (exact) mass is 268 g/mol. The molecule has 0 fully saturated rings. The van der Waals surface area contributed by atoms with E-state index in [1.807, 2.05) is 24.3 Å². The van der Waals surface area contributed by atoms with Crippen molar-refractivity contribution in [2.24, 2.45) is 0 Å². The van der Waals surface area contributed by atoms with E-state index in [4.69, 9.17) is 4.74 Å². The van der Waals surface area contributed by atoms with Crippen LogP contribution in [0, 0.1) is 0 Å². The van der Waals surface area contributed by atoms with Gasteiger partial charge in [0.05, 0.1) is 0 Å². The summed E-state index contributed by atoms with van der Waals surface area (Å²) in [5.41, 5.74) is 4.08. The standard InChI is InChI=1S/C18H20O2/c1-3-14-9-10-15(4-2)18(11-14)20-13-17-8-6-5-7-16(17)12-19/h5-12H,3-4,13H2,1-2H3. The highest BCUT2D eigenvalue weighted by molar-refractivity contribution is 5.77. The van der Waals surface area contributed by atoms with Gasteiger partial charge < -0.3 is 4.74 Å². The number of carbonyl (C=O) groups is 1. The first-order valence-corrected chi connectivity index (χ1v) is 7.06. The molecular weight excluding hydrogens is 248 g/mol. The van der Waals surface area contributed by atoms with Gasteiger partial charge in [-0.3, -0.25) is 4.79 Å². The Morgan fingerprint density at radius 1 is 1.00 bits per heavy atom. The molecule has 0 amide bonds. The fraction of sp³-hybridized carbons (Fsp3) is 0.278. The van der Waals surface area contributed by atoms with Gasteiger partial charge in [0.25, 0.3) is 0 Å². The largest absolute Gasteiger partial charge is 0.489 e. The molecule has 2 nitrogen and oxygen atoms in total. The van der Waals surface area contributed by atoms with Crippen LogP contribution in [0.3, 0.4) is 0 Å². The van der Waals surface area contributed by atoms with Gasteiger partial charge in [0.15, 0.2) is 0 Å². The number of ether oxygens (including phenoxy) is 1. The molecule has 0 bridgehead atoms. The molecule has 2 heteroatoms. The predicted octanol–water partition coefficient (Wildman–Crippen LogP) is 4.20. The number of hydrogen-bond acceptors (Lipinski definition) is 2. The lowest BCUT2D eigenvalue weighted by molar-refractivity contribution is 0.112. The van der Waals surface area contributed by atoms with Crippen molar-refractivity contribution in [3.8, 4) is 5.75 Å². The first-order chi connectivity index (χ1) is 9.78. The molecule has 0 saturated heterocycles. The molecule has 2 aromatic carbocycles. The molecule has 0 heterocycles. The zero-order valence-electron chi connectivity index (χ0n) is 12.1. The molecule has 0 spiro atoms. The minimum absolute atomic E-state index is 0.426. The molecule has 0 aromatic heterocycles. The van der Waals surface area contributed by atoms with Gasteiger partial charge in [-0.25, -0.2) is 0 Å². The van der Waals surface area contributed by atoms with Crippen LogP contribution >= 0.6 is 0 Å². The molecule has 0 saturated carbocycles. The zero-order valence-corrected chi connectivity index (χ0v) is 12.1. The Balaban J connectivity index is 2.19. The zero-order chi connectivity index (χ0) is 14.4. The van der Waals surface area contributed by atoms with Crippen molar-refractivity contribution >= 4 is 6.29 Å². The first kappa shape index (κ1) is 14.3. The highest BCUT2D eigenvalue weighted by atomic mass is 16.5. The molecule has 2 rings (SSSR count). The van der Waals surface area contributed by atoms with Gasteiger partial charge in [-0.05, 0) is 35.6 Å². The highest BCUT2D eigenvalue weighted by Gasteiger charge is 2.06. The molecule has 0 unspecified atom stereocenters. The fourth-order valence-electron chi connectivity index (χ4n) is 2.18. The highest BCUT2D eigenvalue weighted by Crippen LogP contribution is 2.23. The molecule has 0 atom stereocenters. The van der Waals surface area contributed by atoms with Crippen molar-refractivity contribution < 1.29 is 9.53 Å². The third-order valence-corrected chi connectivity index (χ3v) is 3.49. The molecule has 0 aliphatic rings. The van der Waals surface area contributed by atoms with Crippen LogP contribution in [-0.4, -0.2) is 6.29 Å². The second kappa shape index (κ2) is 6.90. The van der Waals surface area contributed by atoms with E-state index in [0.29, 0.717) is 12.2 Å². The van der Waals surface area contributed by atoms with Gasteiger partial charge >= 0.3 is 0 Å². The van der Waals surface area contributed by atoms with Gasteiger partial charge in [-0.2, -0.15) is 0 Å². The van der Waals surface area contributed by atoms with Gasteiger partial charge in [0.1, 0.15) is 18.6 Å². The Bertz CT molecular complexity index is 588. The van der Waals surface area contributed by atoms with Crippen molar-refractivity contribution in [2.75, 3.05) is 0 Å². The summed E-state index contributed by atoms with van der Waals surface area (Å²) in [5.74, 6) is 0.924. The molecule has 20 heavy (non-hydrogen) atoms. The molecule has 0 radical (unpaired) electrons. The van der Waals surface area contributed by atoms with E-state index in [1.54, 1.807) is 0 Å². The van der Waals surface area contributed by atoms with Crippen LogP contribution in [0.1, 0.15) is 40.9 Å². The Labute approximate surface area is 120 Å². The number of rotatable bonds is 6. The number of aldehydes is 1.